The molecule has 0 radical (unpaired) electrons. The summed E-state index contributed by atoms with van der Waals surface area (Å²) in [7, 11) is 0. The SMILES string of the molecule is CCN(CC(C)(C)CN)C1C=CCCC1. The van der Waals surface area contributed by atoms with E-state index >= 15 is 0 Å². The first-order chi connectivity index (χ1) is 7.09. The fourth-order valence-corrected chi connectivity index (χ4v) is 2.18. The molecule has 0 aromatic heterocycles. The Kier molecular flexibility index (Phi) is 4.81. The van der Waals surface area contributed by atoms with Crippen molar-refractivity contribution >= 4 is 0 Å². The summed E-state index contributed by atoms with van der Waals surface area (Å²) in [5, 5.41) is 0. The molecular formula is C13H26N2. The van der Waals surface area contributed by atoms with E-state index in [9.17, 15) is 0 Å². The second-order valence-electron chi connectivity index (χ2n) is 5.36. The minimum atomic E-state index is 0.237. The van der Waals surface area contributed by atoms with Gasteiger partial charge in [-0.05, 0) is 37.8 Å². The van der Waals surface area contributed by atoms with Crippen LogP contribution < -0.4 is 5.73 Å². The van der Waals surface area contributed by atoms with Crippen LogP contribution in [0, 0.1) is 5.41 Å². The van der Waals surface area contributed by atoms with E-state index in [1.54, 1.807) is 0 Å². The van der Waals surface area contributed by atoms with Crippen molar-refractivity contribution < 1.29 is 0 Å². The maximum Gasteiger partial charge on any atom is 0.0278 e. The van der Waals surface area contributed by atoms with Gasteiger partial charge in [-0.25, -0.2) is 0 Å². The van der Waals surface area contributed by atoms with E-state index in [1.165, 1.54) is 19.3 Å². The van der Waals surface area contributed by atoms with Gasteiger partial charge in [0.1, 0.15) is 0 Å². The Hall–Kier alpha value is -0.340. The van der Waals surface area contributed by atoms with Gasteiger partial charge in [0.2, 0.25) is 0 Å². The van der Waals surface area contributed by atoms with Crippen molar-refractivity contribution in [3.63, 3.8) is 0 Å². The molecule has 88 valence electrons. The summed E-state index contributed by atoms with van der Waals surface area (Å²) in [5.41, 5.74) is 6.03. The molecule has 0 spiro atoms. The predicted octanol–water partition coefficient (Wildman–Crippen LogP) is 2.40. The van der Waals surface area contributed by atoms with Gasteiger partial charge in [-0.15, -0.1) is 0 Å². The van der Waals surface area contributed by atoms with Crippen molar-refractivity contribution in [1.82, 2.24) is 4.90 Å². The highest BCUT2D eigenvalue weighted by molar-refractivity contribution is 4.99. The number of nitrogens with zero attached hydrogens (tertiary/aromatic N) is 1. The van der Waals surface area contributed by atoms with Crippen LogP contribution in [0.3, 0.4) is 0 Å². The number of hydrogen-bond donors (Lipinski definition) is 1. The van der Waals surface area contributed by atoms with Crippen LogP contribution in [0.2, 0.25) is 0 Å². The van der Waals surface area contributed by atoms with E-state index in [1.807, 2.05) is 0 Å². The van der Waals surface area contributed by atoms with Gasteiger partial charge in [0.05, 0.1) is 0 Å². The van der Waals surface area contributed by atoms with Crippen LogP contribution in [0.4, 0.5) is 0 Å². The van der Waals surface area contributed by atoms with Crippen molar-refractivity contribution in [2.75, 3.05) is 19.6 Å². The van der Waals surface area contributed by atoms with Crippen LogP contribution in [0.1, 0.15) is 40.0 Å². The smallest absolute Gasteiger partial charge is 0.0278 e. The summed E-state index contributed by atoms with van der Waals surface area (Å²) in [6.07, 6.45) is 8.60. The van der Waals surface area contributed by atoms with Crippen molar-refractivity contribution in [2.24, 2.45) is 11.1 Å². The van der Waals surface area contributed by atoms with E-state index in [2.05, 4.69) is 37.8 Å². The lowest BCUT2D eigenvalue weighted by molar-refractivity contribution is 0.152. The molecule has 0 aliphatic heterocycles. The lowest BCUT2D eigenvalue weighted by Gasteiger charge is -2.36. The molecule has 1 atom stereocenters. The lowest BCUT2D eigenvalue weighted by atomic mass is 9.91. The van der Waals surface area contributed by atoms with Crippen molar-refractivity contribution in [2.45, 2.75) is 46.1 Å². The van der Waals surface area contributed by atoms with E-state index in [4.69, 9.17) is 5.73 Å². The number of allylic oxidation sites excluding steroid dienone is 1. The number of hydrogen-bond acceptors (Lipinski definition) is 2. The van der Waals surface area contributed by atoms with E-state index in [-0.39, 0.29) is 5.41 Å². The Labute approximate surface area is 94.5 Å². The molecule has 1 rings (SSSR count). The van der Waals surface area contributed by atoms with Gasteiger partial charge in [0.15, 0.2) is 0 Å². The Morgan fingerprint density at radius 1 is 1.47 bits per heavy atom. The monoisotopic (exact) mass is 210 g/mol. The van der Waals surface area contributed by atoms with Crippen LogP contribution in [0.15, 0.2) is 12.2 Å². The topological polar surface area (TPSA) is 29.3 Å². The molecule has 0 amide bonds. The standard InChI is InChI=1S/C13H26N2/c1-4-15(11-13(2,3)10-14)12-8-6-5-7-9-12/h6,8,12H,4-5,7,9-11,14H2,1-3H3. The molecule has 0 saturated carbocycles. The highest BCUT2D eigenvalue weighted by Crippen LogP contribution is 2.21. The molecular weight excluding hydrogens is 184 g/mol. The van der Waals surface area contributed by atoms with Crippen LogP contribution >= 0.6 is 0 Å². The fraction of sp³-hybridized carbons (Fsp3) is 0.846. The average molecular weight is 210 g/mol. The molecule has 15 heavy (non-hydrogen) atoms. The highest BCUT2D eigenvalue weighted by atomic mass is 15.2. The molecule has 1 aliphatic rings. The molecule has 0 saturated heterocycles. The third kappa shape index (κ3) is 3.96. The van der Waals surface area contributed by atoms with Crippen LogP contribution in [-0.4, -0.2) is 30.6 Å². The molecule has 0 bridgehead atoms. The van der Waals surface area contributed by atoms with Gasteiger partial charge in [-0.1, -0.05) is 32.9 Å². The fourth-order valence-electron chi connectivity index (χ4n) is 2.18. The zero-order valence-corrected chi connectivity index (χ0v) is 10.5. The minimum Gasteiger partial charge on any atom is -0.330 e. The van der Waals surface area contributed by atoms with E-state index in [0.717, 1.165) is 19.6 Å². The predicted molar refractivity (Wildman–Crippen MR) is 66.9 cm³/mol. The molecule has 0 heterocycles. The summed E-state index contributed by atoms with van der Waals surface area (Å²) in [5.74, 6) is 0. The number of rotatable bonds is 5. The minimum absolute atomic E-state index is 0.237. The van der Waals surface area contributed by atoms with Gasteiger partial charge in [0.25, 0.3) is 0 Å². The largest absolute Gasteiger partial charge is 0.330 e. The Balaban J connectivity index is 2.54. The highest BCUT2D eigenvalue weighted by Gasteiger charge is 2.23. The quantitative estimate of drug-likeness (QED) is 0.706. The maximum absolute atomic E-state index is 5.79. The van der Waals surface area contributed by atoms with Crippen molar-refractivity contribution in [3.8, 4) is 0 Å². The maximum atomic E-state index is 5.79. The summed E-state index contributed by atoms with van der Waals surface area (Å²) in [6, 6.07) is 0.648. The summed E-state index contributed by atoms with van der Waals surface area (Å²) in [4.78, 5) is 2.56. The first-order valence-electron chi connectivity index (χ1n) is 6.20. The summed E-state index contributed by atoms with van der Waals surface area (Å²) >= 11 is 0. The zero-order valence-electron chi connectivity index (χ0n) is 10.5. The number of likely N-dealkylation sites (N-methyl/N-ethyl adjacent to an activating group) is 1. The third-order valence-electron chi connectivity index (χ3n) is 3.29. The van der Waals surface area contributed by atoms with Gasteiger partial charge in [-0.3, -0.25) is 4.90 Å². The molecule has 2 N–H and O–H groups in total. The van der Waals surface area contributed by atoms with Gasteiger partial charge in [0, 0.05) is 12.6 Å². The molecule has 1 unspecified atom stereocenters. The molecule has 1 aliphatic carbocycles. The summed E-state index contributed by atoms with van der Waals surface area (Å²) in [6.45, 7) is 9.74. The molecule has 2 nitrogen and oxygen atoms in total. The normalized spacial score (nSPS) is 22.3. The average Bonchev–Trinajstić information content (AvgIpc) is 2.27. The third-order valence-corrected chi connectivity index (χ3v) is 3.29. The molecule has 0 aromatic carbocycles. The van der Waals surface area contributed by atoms with Gasteiger partial charge in [-0.2, -0.15) is 0 Å². The lowest BCUT2D eigenvalue weighted by Crippen LogP contribution is -2.43. The Morgan fingerprint density at radius 3 is 2.67 bits per heavy atom. The van der Waals surface area contributed by atoms with Gasteiger partial charge < -0.3 is 5.73 Å². The number of nitrogens with two attached hydrogens (primary N) is 1. The Bertz CT molecular complexity index is 209. The summed E-state index contributed by atoms with van der Waals surface area (Å²) < 4.78 is 0. The van der Waals surface area contributed by atoms with Crippen molar-refractivity contribution in [1.29, 1.82) is 0 Å². The van der Waals surface area contributed by atoms with E-state index < -0.39 is 0 Å². The van der Waals surface area contributed by atoms with Crippen LogP contribution in [0.25, 0.3) is 0 Å². The molecule has 2 heteroatoms. The van der Waals surface area contributed by atoms with E-state index in [0.29, 0.717) is 6.04 Å². The Morgan fingerprint density at radius 2 is 2.20 bits per heavy atom. The zero-order chi connectivity index (χ0) is 11.3. The van der Waals surface area contributed by atoms with Crippen LogP contribution in [0.5, 0.6) is 0 Å². The van der Waals surface area contributed by atoms with Gasteiger partial charge >= 0.3 is 0 Å². The van der Waals surface area contributed by atoms with Crippen LogP contribution in [-0.2, 0) is 0 Å². The molecule has 0 aromatic rings. The second kappa shape index (κ2) is 5.66. The first-order valence-corrected chi connectivity index (χ1v) is 6.20. The van der Waals surface area contributed by atoms with Crippen molar-refractivity contribution in [3.05, 3.63) is 12.2 Å². The second-order valence-corrected chi connectivity index (χ2v) is 5.36. The molecule has 0 fully saturated rings. The first kappa shape index (κ1) is 12.7.